The van der Waals surface area contributed by atoms with Crippen molar-refractivity contribution in [1.29, 1.82) is 0 Å². The van der Waals surface area contributed by atoms with E-state index < -0.39 is 0 Å². The molecule has 5 heteroatoms. The average molecular weight is 339 g/mol. The number of benzene rings is 1. The van der Waals surface area contributed by atoms with Gasteiger partial charge in [0.15, 0.2) is 0 Å². The molecule has 1 N–H and O–H groups in total. The minimum absolute atomic E-state index is 0.00750. The second kappa shape index (κ2) is 7.40. The van der Waals surface area contributed by atoms with Gasteiger partial charge in [0.25, 0.3) is 0 Å². The zero-order chi connectivity index (χ0) is 17.9. The van der Waals surface area contributed by atoms with Gasteiger partial charge in [-0.05, 0) is 33.3 Å². The van der Waals surface area contributed by atoms with E-state index in [0.717, 1.165) is 50.2 Å². The maximum atomic E-state index is 4.74. The van der Waals surface area contributed by atoms with Crippen LogP contribution in [0, 0.1) is 6.92 Å². The molecule has 2 heterocycles. The van der Waals surface area contributed by atoms with Gasteiger partial charge in [0.2, 0.25) is 5.95 Å². The van der Waals surface area contributed by atoms with Gasteiger partial charge >= 0.3 is 0 Å². The summed E-state index contributed by atoms with van der Waals surface area (Å²) < 4.78 is 0. The van der Waals surface area contributed by atoms with Gasteiger partial charge in [0, 0.05) is 50.0 Å². The van der Waals surface area contributed by atoms with Crippen molar-refractivity contribution in [2.24, 2.45) is 0 Å². The number of nitrogens with zero attached hydrogens (tertiary/aromatic N) is 4. The Hall–Kier alpha value is -2.14. The summed E-state index contributed by atoms with van der Waals surface area (Å²) in [6, 6.07) is 12.7. The van der Waals surface area contributed by atoms with E-state index in [-0.39, 0.29) is 5.54 Å². The number of aryl methyl sites for hydroxylation is 1. The molecule has 0 aliphatic carbocycles. The lowest BCUT2D eigenvalue weighted by Crippen LogP contribution is -2.46. The number of rotatable bonds is 4. The summed E-state index contributed by atoms with van der Waals surface area (Å²) in [4.78, 5) is 14.2. The summed E-state index contributed by atoms with van der Waals surface area (Å²) in [6.45, 7) is 13.5. The van der Waals surface area contributed by atoms with E-state index in [9.17, 15) is 0 Å². The summed E-state index contributed by atoms with van der Waals surface area (Å²) in [7, 11) is 0. The van der Waals surface area contributed by atoms with Crippen LogP contribution in [0.1, 0.15) is 32.0 Å². The summed E-state index contributed by atoms with van der Waals surface area (Å²) in [5, 5.41) is 3.45. The maximum Gasteiger partial charge on any atom is 0.227 e. The molecule has 1 aliphatic rings. The van der Waals surface area contributed by atoms with Crippen LogP contribution in [-0.2, 0) is 6.54 Å². The average Bonchev–Trinajstić information content (AvgIpc) is 2.54. The van der Waals surface area contributed by atoms with Crippen LogP contribution in [0.2, 0.25) is 0 Å². The molecule has 0 radical (unpaired) electrons. The number of hydrogen-bond donors (Lipinski definition) is 1. The zero-order valence-electron chi connectivity index (χ0n) is 15.8. The predicted molar refractivity (Wildman–Crippen MR) is 104 cm³/mol. The van der Waals surface area contributed by atoms with Crippen molar-refractivity contribution in [2.75, 3.05) is 36.4 Å². The normalized spacial score (nSPS) is 16.1. The van der Waals surface area contributed by atoms with Crippen molar-refractivity contribution in [2.45, 2.75) is 39.8 Å². The highest BCUT2D eigenvalue weighted by Crippen LogP contribution is 2.19. The lowest BCUT2D eigenvalue weighted by Gasteiger charge is -2.35. The van der Waals surface area contributed by atoms with Crippen LogP contribution < -0.4 is 10.2 Å². The van der Waals surface area contributed by atoms with Crippen molar-refractivity contribution in [3.8, 4) is 0 Å². The van der Waals surface area contributed by atoms with E-state index in [1.54, 1.807) is 0 Å². The summed E-state index contributed by atoms with van der Waals surface area (Å²) in [5.74, 6) is 1.74. The molecule has 1 aliphatic heterocycles. The van der Waals surface area contributed by atoms with Crippen LogP contribution in [0.5, 0.6) is 0 Å². The Balaban J connectivity index is 1.62. The molecule has 1 saturated heterocycles. The van der Waals surface area contributed by atoms with Gasteiger partial charge in [-0.3, -0.25) is 4.90 Å². The van der Waals surface area contributed by atoms with E-state index in [0.29, 0.717) is 0 Å². The van der Waals surface area contributed by atoms with Gasteiger partial charge < -0.3 is 10.2 Å². The molecule has 1 aromatic carbocycles. The van der Waals surface area contributed by atoms with E-state index in [1.165, 1.54) is 5.56 Å². The number of anilines is 2. The number of hydrogen-bond acceptors (Lipinski definition) is 5. The SMILES string of the molecule is Cc1cc(NC(C)(C)C)nc(N2CCN(Cc3ccccc3)CC2)n1. The van der Waals surface area contributed by atoms with Crippen LogP contribution >= 0.6 is 0 Å². The minimum atomic E-state index is -0.00750. The fourth-order valence-electron chi connectivity index (χ4n) is 3.09. The third-order valence-corrected chi connectivity index (χ3v) is 4.25. The van der Waals surface area contributed by atoms with Gasteiger partial charge in [-0.2, -0.15) is 4.98 Å². The first-order chi connectivity index (χ1) is 11.9. The Labute approximate surface area is 151 Å². The van der Waals surface area contributed by atoms with Crippen LogP contribution in [0.15, 0.2) is 36.4 Å². The second-order valence-electron chi connectivity index (χ2n) is 7.82. The molecule has 0 saturated carbocycles. The largest absolute Gasteiger partial charge is 0.365 e. The molecular formula is C20H29N5. The molecule has 25 heavy (non-hydrogen) atoms. The Morgan fingerprint density at radius 1 is 1.00 bits per heavy atom. The van der Waals surface area contributed by atoms with Crippen molar-refractivity contribution in [3.63, 3.8) is 0 Å². The van der Waals surface area contributed by atoms with Gasteiger partial charge in [0.1, 0.15) is 5.82 Å². The zero-order valence-corrected chi connectivity index (χ0v) is 15.8. The van der Waals surface area contributed by atoms with Crippen LogP contribution in [0.3, 0.4) is 0 Å². The fourth-order valence-corrected chi connectivity index (χ4v) is 3.09. The highest BCUT2D eigenvalue weighted by atomic mass is 15.3. The topological polar surface area (TPSA) is 44.3 Å². The second-order valence-corrected chi connectivity index (χ2v) is 7.82. The molecule has 1 fully saturated rings. The first-order valence-corrected chi connectivity index (χ1v) is 9.04. The molecule has 3 rings (SSSR count). The first-order valence-electron chi connectivity index (χ1n) is 9.04. The first kappa shape index (κ1) is 17.7. The van der Waals surface area contributed by atoms with Gasteiger partial charge in [-0.15, -0.1) is 0 Å². The smallest absolute Gasteiger partial charge is 0.227 e. The van der Waals surface area contributed by atoms with Gasteiger partial charge in [-0.1, -0.05) is 30.3 Å². The minimum Gasteiger partial charge on any atom is -0.365 e. The van der Waals surface area contributed by atoms with Crippen molar-refractivity contribution in [3.05, 3.63) is 47.7 Å². The van der Waals surface area contributed by atoms with Crippen LogP contribution in [0.25, 0.3) is 0 Å². The molecule has 0 atom stereocenters. The summed E-state index contributed by atoms with van der Waals surface area (Å²) in [6.07, 6.45) is 0. The molecule has 2 aromatic rings. The summed E-state index contributed by atoms with van der Waals surface area (Å²) >= 11 is 0. The van der Waals surface area contributed by atoms with E-state index in [2.05, 4.69) is 71.2 Å². The molecular weight excluding hydrogens is 310 g/mol. The molecule has 0 spiro atoms. The highest BCUT2D eigenvalue weighted by molar-refractivity contribution is 5.45. The summed E-state index contributed by atoms with van der Waals surface area (Å²) in [5.41, 5.74) is 2.37. The lowest BCUT2D eigenvalue weighted by molar-refractivity contribution is 0.248. The molecule has 1 aromatic heterocycles. The number of piperazine rings is 1. The Morgan fingerprint density at radius 3 is 2.32 bits per heavy atom. The third-order valence-electron chi connectivity index (χ3n) is 4.25. The lowest BCUT2D eigenvalue weighted by atomic mass is 10.1. The van der Waals surface area contributed by atoms with Gasteiger partial charge in [0.05, 0.1) is 0 Å². The predicted octanol–water partition coefficient (Wildman–Crippen LogP) is 3.32. The van der Waals surface area contributed by atoms with Crippen LogP contribution in [-0.4, -0.2) is 46.6 Å². The Kier molecular flexibility index (Phi) is 5.23. The third kappa shape index (κ3) is 5.16. The van der Waals surface area contributed by atoms with Crippen molar-refractivity contribution in [1.82, 2.24) is 14.9 Å². The van der Waals surface area contributed by atoms with Crippen molar-refractivity contribution < 1.29 is 0 Å². The Morgan fingerprint density at radius 2 is 1.68 bits per heavy atom. The number of nitrogens with one attached hydrogen (secondary N) is 1. The monoisotopic (exact) mass is 339 g/mol. The molecule has 0 amide bonds. The van der Waals surface area contributed by atoms with E-state index in [1.807, 2.05) is 13.0 Å². The quantitative estimate of drug-likeness (QED) is 0.926. The fraction of sp³-hybridized carbons (Fsp3) is 0.500. The van der Waals surface area contributed by atoms with E-state index in [4.69, 9.17) is 4.98 Å². The van der Waals surface area contributed by atoms with Crippen molar-refractivity contribution >= 4 is 11.8 Å². The number of aromatic nitrogens is 2. The standard InChI is InChI=1S/C20H29N5/c1-16-14-18(23-20(2,3)4)22-19(21-16)25-12-10-24(11-13-25)15-17-8-6-5-7-9-17/h5-9,14H,10-13,15H2,1-4H3,(H,21,22,23). The van der Waals surface area contributed by atoms with E-state index >= 15 is 0 Å². The van der Waals surface area contributed by atoms with Gasteiger partial charge in [-0.25, -0.2) is 4.98 Å². The Bertz CT molecular complexity index is 685. The molecule has 0 bridgehead atoms. The molecule has 0 unspecified atom stereocenters. The highest BCUT2D eigenvalue weighted by Gasteiger charge is 2.20. The molecule has 134 valence electrons. The van der Waals surface area contributed by atoms with Crippen LogP contribution in [0.4, 0.5) is 11.8 Å². The maximum absolute atomic E-state index is 4.74. The molecule has 5 nitrogen and oxygen atoms in total.